The summed E-state index contributed by atoms with van der Waals surface area (Å²) in [6.07, 6.45) is 4.37. The van der Waals surface area contributed by atoms with Gasteiger partial charge in [-0.2, -0.15) is 0 Å². The van der Waals surface area contributed by atoms with E-state index in [4.69, 9.17) is 0 Å². The molecular formula is C13H22N4O2. The Kier molecular flexibility index (Phi) is 4.19. The van der Waals surface area contributed by atoms with Crippen LogP contribution >= 0.6 is 0 Å². The number of aliphatic hydroxyl groups is 1. The smallest absolute Gasteiger partial charge is 0.291 e. The summed E-state index contributed by atoms with van der Waals surface area (Å²) in [6.45, 7) is 4.11. The van der Waals surface area contributed by atoms with Crippen molar-refractivity contribution in [3.05, 3.63) is 11.6 Å². The number of carbonyl (C=O) groups is 1. The van der Waals surface area contributed by atoms with Crippen LogP contribution in [0.2, 0.25) is 0 Å². The Labute approximate surface area is 113 Å². The van der Waals surface area contributed by atoms with E-state index in [2.05, 4.69) is 27.4 Å². The van der Waals surface area contributed by atoms with Crippen molar-refractivity contribution in [2.75, 3.05) is 6.61 Å². The lowest BCUT2D eigenvalue weighted by molar-refractivity contribution is 0.0708. The molecular weight excluding hydrogens is 244 g/mol. The number of aliphatic hydroxyl groups excluding tert-OH is 1. The number of hydrogen-bond acceptors (Lipinski definition) is 4. The molecule has 0 unspecified atom stereocenters. The van der Waals surface area contributed by atoms with Crippen LogP contribution in [0, 0.1) is 5.92 Å². The Morgan fingerprint density at radius 1 is 1.53 bits per heavy atom. The molecule has 0 aromatic carbocycles. The van der Waals surface area contributed by atoms with Crippen molar-refractivity contribution < 1.29 is 9.90 Å². The van der Waals surface area contributed by atoms with E-state index in [1.807, 2.05) is 6.92 Å². The minimum Gasteiger partial charge on any atom is -0.394 e. The Hall–Kier alpha value is -1.43. The van der Waals surface area contributed by atoms with Gasteiger partial charge in [-0.25, -0.2) is 4.98 Å². The van der Waals surface area contributed by atoms with Gasteiger partial charge in [-0.3, -0.25) is 9.89 Å². The average Bonchev–Trinajstić information content (AvgIpc) is 2.91. The van der Waals surface area contributed by atoms with Gasteiger partial charge < -0.3 is 10.4 Å². The van der Waals surface area contributed by atoms with Crippen LogP contribution in [0.3, 0.4) is 0 Å². The van der Waals surface area contributed by atoms with E-state index in [1.54, 1.807) is 0 Å². The van der Waals surface area contributed by atoms with Crippen LogP contribution in [0.15, 0.2) is 0 Å². The molecule has 6 nitrogen and oxygen atoms in total. The van der Waals surface area contributed by atoms with Crippen molar-refractivity contribution in [1.29, 1.82) is 0 Å². The zero-order valence-electron chi connectivity index (χ0n) is 11.6. The van der Waals surface area contributed by atoms with Crippen LogP contribution in [-0.2, 0) is 6.42 Å². The third-order valence-electron chi connectivity index (χ3n) is 3.98. The fraction of sp³-hybridized carbons (Fsp3) is 0.769. The number of rotatable bonds is 4. The summed E-state index contributed by atoms with van der Waals surface area (Å²) in [4.78, 5) is 16.2. The van der Waals surface area contributed by atoms with Crippen molar-refractivity contribution >= 4 is 5.91 Å². The van der Waals surface area contributed by atoms with Crippen molar-refractivity contribution in [3.63, 3.8) is 0 Å². The maximum Gasteiger partial charge on any atom is 0.291 e. The van der Waals surface area contributed by atoms with Crippen LogP contribution in [0.5, 0.6) is 0 Å². The first kappa shape index (κ1) is 14.0. The third kappa shape index (κ3) is 3.12. The topological polar surface area (TPSA) is 90.9 Å². The van der Waals surface area contributed by atoms with Crippen LogP contribution in [0.4, 0.5) is 0 Å². The Morgan fingerprint density at radius 3 is 2.74 bits per heavy atom. The molecule has 0 radical (unpaired) electrons. The van der Waals surface area contributed by atoms with Gasteiger partial charge in [0, 0.05) is 6.42 Å². The standard InChI is InChI=1S/C13H22N4O2/c1-3-10-14-11(17-16-10)12(19)15-13(8-18)6-4-9(2)5-7-13/h9,18H,3-8H2,1-2H3,(H,15,19)(H,14,16,17). The summed E-state index contributed by atoms with van der Waals surface area (Å²) in [5.74, 6) is 1.20. The maximum absolute atomic E-state index is 12.1. The van der Waals surface area contributed by atoms with E-state index in [9.17, 15) is 9.90 Å². The lowest BCUT2D eigenvalue weighted by Crippen LogP contribution is -2.53. The Balaban J connectivity index is 2.03. The second-order valence-corrected chi connectivity index (χ2v) is 5.53. The first-order valence-corrected chi connectivity index (χ1v) is 6.93. The molecule has 0 atom stereocenters. The van der Waals surface area contributed by atoms with Gasteiger partial charge in [0.05, 0.1) is 12.1 Å². The fourth-order valence-electron chi connectivity index (χ4n) is 2.49. The van der Waals surface area contributed by atoms with Crippen molar-refractivity contribution in [2.45, 2.75) is 51.5 Å². The van der Waals surface area contributed by atoms with Gasteiger partial charge in [0.2, 0.25) is 5.82 Å². The molecule has 1 heterocycles. The predicted molar refractivity (Wildman–Crippen MR) is 70.7 cm³/mol. The highest BCUT2D eigenvalue weighted by Crippen LogP contribution is 2.31. The van der Waals surface area contributed by atoms with E-state index >= 15 is 0 Å². The molecule has 1 aromatic rings. The van der Waals surface area contributed by atoms with Gasteiger partial charge in [-0.1, -0.05) is 13.8 Å². The van der Waals surface area contributed by atoms with Gasteiger partial charge in [-0.15, -0.1) is 5.10 Å². The molecule has 0 spiro atoms. The summed E-state index contributed by atoms with van der Waals surface area (Å²) in [7, 11) is 0. The van der Waals surface area contributed by atoms with Crippen LogP contribution in [0.25, 0.3) is 0 Å². The lowest BCUT2D eigenvalue weighted by atomic mass is 9.77. The summed E-state index contributed by atoms with van der Waals surface area (Å²) in [5, 5.41) is 19.2. The quantitative estimate of drug-likeness (QED) is 0.759. The second-order valence-electron chi connectivity index (χ2n) is 5.53. The van der Waals surface area contributed by atoms with E-state index < -0.39 is 5.54 Å². The summed E-state index contributed by atoms with van der Waals surface area (Å²) < 4.78 is 0. The van der Waals surface area contributed by atoms with Crippen LogP contribution < -0.4 is 5.32 Å². The Bertz CT molecular complexity index is 436. The van der Waals surface area contributed by atoms with Gasteiger partial charge in [0.1, 0.15) is 5.82 Å². The molecule has 2 rings (SSSR count). The van der Waals surface area contributed by atoms with Gasteiger partial charge in [0.15, 0.2) is 0 Å². The molecule has 19 heavy (non-hydrogen) atoms. The van der Waals surface area contributed by atoms with E-state index in [-0.39, 0.29) is 18.3 Å². The number of aryl methyl sites for hydroxylation is 1. The molecule has 1 aliphatic rings. The number of amides is 1. The highest BCUT2D eigenvalue weighted by atomic mass is 16.3. The Morgan fingerprint density at radius 2 is 2.21 bits per heavy atom. The van der Waals surface area contributed by atoms with E-state index in [0.29, 0.717) is 18.2 Å². The summed E-state index contributed by atoms with van der Waals surface area (Å²) in [6, 6.07) is 0. The molecule has 1 aromatic heterocycles. The largest absolute Gasteiger partial charge is 0.394 e. The first-order chi connectivity index (χ1) is 9.08. The average molecular weight is 266 g/mol. The number of H-pyrrole nitrogens is 1. The number of carbonyl (C=O) groups excluding carboxylic acids is 1. The van der Waals surface area contributed by atoms with Gasteiger partial charge in [-0.05, 0) is 31.6 Å². The molecule has 1 amide bonds. The van der Waals surface area contributed by atoms with E-state index in [1.165, 1.54) is 0 Å². The summed E-state index contributed by atoms with van der Waals surface area (Å²) >= 11 is 0. The molecule has 0 aliphatic heterocycles. The highest BCUT2D eigenvalue weighted by molar-refractivity contribution is 5.90. The van der Waals surface area contributed by atoms with Crippen LogP contribution in [0.1, 0.15) is 56.0 Å². The minimum absolute atomic E-state index is 0.0312. The number of nitrogens with zero attached hydrogens (tertiary/aromatic N) is 2. The van der Waals surface area contributed by atoms with Gasteiger partial charge in [0.25, 0.3) is 5.91 Å². The minimum atomic E-state index is -0.503. The molecule has 0 bridgehead atoms. The number of nitrogens with one attached hydrogen (secondary N) is 2. The molecule has 6 heteroatoms. The zero-order chi connectivity index (χ0) is 13.9. The molecule has 106 valence electrons. The van der Waals surface area contributed by atoms with Crippen molar-refractivity contribution in [2.24, 2.45) is 5.92 Å². The van der Waals surface area contributed by atoms with E-state index in [0.717, 1.165) is 25.7 Å². The number of aromatic nitrogens is 3. The summed E-state index contributed by atoms with van der Waals surface area (Å²) in [5.41, 5.74) is -0.503. The zero-order valence-corrected chi connectivity index (χ0v) is 11.6. The number of hydrogen-bond donors (Lipinski definition) is 3. The van der Waals surface area contributed by atoms with Crippen molar-refractivity contribution in [3.8, 4) is 0 Å². The monoisotopic (exact) mass is 266 g/mol. The highest BCUT2D eigenvalue weighted by Gasteiger charge is 2.35. The van der Waals surface area contributed by atoms with Crippen LogP contribution in [-0.4, -0.2) is 38.3 Å². The maximum atomic E-state index is 12.1. The molecule has 0 saturated heterocycles. The van der Waals surface area contributed by atoms with Gasteiger partial charge >= 0.3 is 0 Å². The fourth-order valence-corrected chi connectivity index (χ4v) is 2.49. The molecule has 3 N–H and O–H groups in total. The molecule has 1 saturated carbocycles. The van der Waals surface area contributed by atoms with Crippen molar-refractivity contribution in [1.82, 2.24) is 20.5 Å². The third-order valence-corrected chi connectivity index (χ3v) is 3.98. The number of aromatic amines is 1. The molecule has 1 fully saturated rings. The predicted octanol–water partition coefficient (Wildman–Crippen LogP) is 1.04. The molecule has 1 aliphatic carbocycles. The first-order valence-electron chi connectivity index (χ1n) is 6.93. The second kappa shape index (κ2) is 5.69. The lowest BCUT2D eigenvalue weighted by Gasteiger charge is -2.38. The SMILES string of the molecule is CCc1nc(C(=O)NC2(CO)CCC(C)CC2)n[nH]1. The normalized spacial score (nSPS) is 27.2.